The van der Waals surface area contributed by atoms with Crippen molar-refractivity contribution in [3.63, 3.8) is 0 Å². The van der Waals surface area contributed by atoms with Crippen LogP contribution in [0.4, 0.5) is 0 Å². The van der Waals surface area contributed by atoms with Crippen molar-refractivity contribution in [1.29, 1.82) is 0 Å². The first-order chi connectivity index (χ1) is 14.5. The van der Waals surface area contributed by atoms with Gasteiger partial charge in [0.05, 0.1) is 10.9 Å². The van der Waals surface area contributed by atoms with Crippen LogP contribution < -0.4 is 0 Å². The number of aromatic nitrogens is 1. The fraction of sp³-hybridized carbons (Fsp3) is 0.280. The summed E-state index contributed by atoms with van der Waals surface area (Å²) in [4.78, 5) is 0.397. The number of hydrogen-bond acceptors (Lipinski definition) is 2. The minimum absolute atomic E-state index is 0.0772. The second-order valence-electron chi connectivity index (χ2n) is 8.57. The van der Waals surface area contributed by atoms with Gasteiger partial charge < -0.3 is 4.57 Å². The molecule has 0 bridgehead atoms. The maximum atomic E-state index is 13.7. The lowest BCUT2D eigenvalue weighted by Crippen LogP contribution is -2.43. The summed E-state index contributed by atoms with van der Waals surface area (Å²) in [7, 11) is -3.57. The van der Waals surface area contributed by atoms with Crippen LogP contribution in [-0.4, -0.2) is 23.8 Å². The number of nitrogens with zero attached hydrogens (tertiary/aromatic N) is 2. The average Bonchev–Trinajstić information content (AvgIpc) is 3.08. The van der Waals surface area contributed by atoms with Crippen molar-refractivity contribution in [3.05, 3.63) is 77.5 Å². The number of sulfonamides is 1. The number of fused-ring (bicyclic) bond motifs is 4. The molecule has 0 N–H and O–H groups in total. The van der Waals surface area contributed by atoms with Gasteiger partial charge in [-0.25, -0.2) is 8.42 Å². The Morgan fingerprint density at radius 1 is 0.933 bits per heavy atom. The van der Waals surface area contributed by atoms with E-state index in [0.29, 0.717) is 18.0 Å². The average molecular weight is 417 g/mol. The third-order valence-electron chi connectivity index (χ3n) is 6.81. The van der Waals surface area contributed by atoms with Crippen LogP contribution >= 0.6 is 0 Å². The fourth-order valence-corrected chi connectivity index (χ4v) is 7.09. The van der Waals surface area contributed by atoms with Gasteiger partial charge in [-0.1, -0.05) is 42.0 Å². The minimum atomic E-state index is -3.57. The van der Waals surface area contributed by atoms with E-state index in [1.807, 2.05) is 36.4 Å². The molecule has 152 valence electrons. The van der Waals surface area contributed by atoms with E-state index in [2.05, 4.69) is 29.7 Å². The fourth-order valence-electron chi connectivity index (χ4n) is 5.44. The maximum absolute atomic E-state index is 13.7. The lowest BCUT2D eigenvalue weighted by molar-refractivity contribution is 0.243. The zero-order valence-electron chi connectivity index (χ0n) is 17.0. The Labute approximate surface area is 176 Å². The first kappa shape index (κ1) is 18.2. The molecule has 0 spiro atoms. The maximum Gasteiger partial charge on any atom is 0.243 e. The molecule has 1 atom stereocenters. The summed E-state index contributed by atoms with van der Waals surface area (Å²) >= 11 is 0. The van der Waals surface area contributed by atoms with E-state index < -0.39 is 10.0 Å². The Morgan fingerprint density at radius 3 is 2.63 bits per heavy atom. The van der Waals surface area contributed by atoms with E-state index >= 15 is 0 Å². The van der Waals surface area contributed by atoms with Crippen LogP contribution in [0.1, 0.15) is 35.7 Å². The molecular weight excluding hydrogens is 392 g/mol. The molecular formula is C25H24N2O2S. The van der Waals surface area contributed by atoms with E-state index in [9.17, 15) is 8.42 Å². The van der Waals surface area contributed by atoms with Crippen LogP contribution in [0.2, 0.25) is 0 Å². The number of rotatable bonds is 2. The first-order valence-corrected chi connectivity index (χ1v) is 12.1. The summed E-state index contributed by atoms with van der Waals surface area (Å²) in [6.45, 7) is 3.35. The molecule has 1 aliphatic carbocycles. The van der Waals surface area contributed by atoms with Crippen molar-refractivity contribution in [2.75, 3.05) is 6.54 Å². The van der Waals surface area contributed by atoms with Gasteiger partial charge in [0.15, 0.2) is 0 Å². The Morgan fingerprint density at radius 2 is 1.77 bits per heavy atom. The third kappa shape index (κ3) is 2.52. The summed E-state index contributed by atoms with van der Waals surface area (Å²) < 4.78 is 31.6. The van der Waals surface area contributed by atoms with Gasteiger partial charge in [-0.05, 0) is 66.8 Å². The summed E-state index contributed by atoms with van der Waals surface area (Å²) in [5, 5.41) is 3.33. The topological polar surface area (TPSA) is 42.3 Å². The molecule has 1 aliphatic heterocycles. The molecule has 4 nitrogen and oxygen atoms in total. The number of benzene rings is 3. The van der Waals surface area contributed by atoms with Crippen LogP contribution in [0.15, 0.2) is 65.6 Å². The molecule has 4 aromatic rings. The molecule has 3 aromatic carbocycles. The highest BCUT2D eigenvalue weighted by Crippen LogP contribution is 2.44. The minimum Gasteiger partial charge on any atom is -0.341 e. The van der Waals surface area contributed by atoms with E-state index in [4.69, 9.17) is 0 Å². The second kappa shape index (κ2) is 6.43. The monoisotopic (exact) mass is 416 g/mol. The first-order valence-electron chi connectivity index (χ1n) is 10.7. The summed E-state index contributed by atoms with van der Waals surface area (Å²) in [6, 6.07) is 20.0. The molecule has 2 aliphatic rings. The van der Waals surface area contributed by atoms with Gasteiger partial charge in [-0.2, -0.15) is 4.31 Å². The smallest absolute Gasteiger partial charge is 0.243 e. The Hall–Kier alpha value is -2.63. The van der Waals surface area contributed by atoms with Crippen molar-refractivity contribution in [1.82, 2.24) is 8.87 Å². The van der Waals surface area contributed by atoms with Crippen molar-refractivity contribution in [3.8, 4) is 0 Å². The quantitative estimate of drug-likeness (QED) is 0.452. The van der Waals surface area contributed by atoms with Crippen LogP contribution in [0, 0.1) is 6.92 Å². The van der Waals surface area contributed by atoms with Crippen LogP contribution in [-0.2, 0) is 23.0 Å². The van der Waals surface area contributed by atoms with E-state index in [0.717, 1.165) is 30.0 Å². The molecule has 0 unspecified atom stereocenters. The summed E-state index contributed by atoms with van der Waals surface area (Å²) in [5.41, 5.74) is 5.07. The molecule has 0 fully saturated rings. The van der Waals surface area contributed by atoms with Gasteiger partial charge >= 0.3 is 0 Å². The standard InChI is InChI=1S/C25H24N2O2S/c1-17-9-12-23-22(15-17)21-7-4-8-24-25(21)26(23)13-14-27(24)30(28,29)20-11-10-18-5-2-3-6-19(18)16-20/h2-3,5-6,9-12,15-16,24H,4,7-8,13-14H2,1H3/t24-/m1/s1. The summed E-state index contributed by atoms with van der Waals surface area (Å²) in [5.74, 6) is 0. The predicted octanol–water partition coefficient (Wildman–Crippen LogP) is 5.18. The molecule has 0 radical (unpaired) electrons. The van der Waals surface area contributed by atoms with Crippen molar-refractivity contribution >= 4 is 31.7 Å². The molecule has 1 aromatic heterocycles. The highest BCUT2D eigenvalue weighted by Gasteiger charge is 2.40. The molecule has 0 amide bonds. The normalized spacial score (nSPS) is 19.3. The van der Waals surface area contributed by atoms with E-state index in [1.54, 1.807) is 10.4 Å². The van der Waals surface area contributed by atoms with Gasteiger partial charge in [-0.15, -0.1) is 0 Å². The number of aryl methyl sites for hydroxylation is 2. The Kier molecular flexibility index (Phi) is 3.89. The Balaban J connectivity index is 1.49. The lowest BCUT2D eigenvalue weighted by Gasteiger charge is -2.39. The third-order valence-corrected chi connectivity index (χ3v) is 8.71. The molecule has 0 saturated heterocycles. The van der Waals surface area contributed by atoms with E-state index in [-0.39, 0.29) is 6.04 Å². The van der Waals surface area contributed by atoms with Crippen molar-refractivity contribution < 1.29 is 8.42 Å². The van der Waals surface area contributed by atoms with Crippen LogP contribution in [0.25, 0.3) is 21.7 Å². The SMILES string of the molecule is Cc1ccc2c(c1)c1c3n2CCN(S(=O)(=O)c2ccc4ccccc4c2)[C@@H]3CCC1. The zero-order chi connectivity index (χ0) is 20.5. The second-order valence-corrected chi connectivity index (χ2v) is 10.5. The predicted molar refractivity (Wildman–Crippen MR) is 120 cm³/mol. The van der Waals surface area contributed by atoms with Gasteiger partial charge in [-0.3, -0.25) is 0 Å². The number of hydrogen-bond donors (Lipinski definition) is 0. The molecule has 30 heavy (non-hydrogen) atoms. The highest BCUT2D eigenvalue weighted by molar-refractivity contribution is 7.89. The largest absolute Gasteiger partial charge is 0.341 e. The van der Waals surface area contributed by atoms with Gasteiger partial charge in [0.1, 0.15) is 0 Å². The van der Waals surface area contributed by atoms with Gasteiger partial charge in [0.2, 0.25) is 10.0 Å². The van der Waals surface area contributed by atoms with Crippen LogP contribution in [0.3, 0.4) is 0 Å². The van der Waals surface area contributed by atoms with Crippen molar-refractivity contribution in [2.24, 2.45) is 0 Å². The molecule has 2 heterocycles. The molecule has 6 rings (SSSR count). The lowest BCUT2D eigenvalue weighted by atomic mass is 9.90. The van der Waals surface area contributed by atoms with Gasteiger partial charge in [0.25, 0.3) is 0 Å². The van der Waals surface area contributed by atoms with Crippen molar-refractivity contribution in [2.45, 2.75) is 43.7 Å². The van der Waals surface area contributed by atoms with E-state index in [1.165, 1.54) is 27.7 Å². The van der Waals surface area contributed by atoms with Gasteiger partial charge in [0, 0.05) is 29.7 Å². The molecule has 0 saturated carbocycles. The Bertz CT molecular complexity index is 1420. The van der Waals surface area contributed by atoms with Crippen LogP contribution in [0.5, 0.6) is 0 Å². The summed E-state index contributed by atoms with van der Waals surface area (Å²) in [6.07, 6.45) is 2.94. The zero-order valence-corrected chi connectivity index (χ0v) is 17.8. The molecule has 5 heteroatoms. The highest BCUT2D eigenvalue weighted by atomic mass is 32.2.